The Bertz CT molecular complexity index is 242. The molecule has 0 aromatic carbocycles. The summed E-state index contributed by atoms with van der Waals surface area (Å²) in [5.41, 5.74) is 0.572. The molecule has 0 radical (unpaired) electrons. The van der Waals surface area contributed by atoms with Crippen LogP contribution < -0.4 is 0 Å². The van der Waals surface area contributed by atoms with Crippen LogP contribution in [0, 0.1) is 5.41 Å². The smallest absolute Gasteiger partial charge is 0.233 e. The maximum atomic E-state index is 7.21. The number of rotatable bonds is 1. The Morgan fingerprint density at radius 1 is 1.80 bits per heavy atom. The number of aromatic nitrogens is 3. The van der Waals surface area contributed by atoms with Gasteiger partial charge in [0, 0.05) is 7.05 Å². The summed E-state index contributed by atoms with van der Waals surface area (Å²) < 4.78 is 6.14. The van der Waals surface area contributed by atoms with E-state index in [0.29, 0.717) is 5.69 Å². The van der Waals surface area contributed by atoms with Crippen LogP contribution in [-0.4, -0.2) is 28.0 Å². The van der Waals surface area contributed by atoms with Gasteiger partial charge in [0.15, 0.2) is 0 Å². The van der Waals surface area contributed by atoms with E-state index < -0.39 is 0 Å². The SMILES string of the molecule is COC(=N)c1cnnn1C. The molecule has 0 fully saturated rings. The lowest BCUT2D eigenvalue weighted by atomic mass is 10.5. The Balaban J connectivity index is 2.93. The fourth-order valence-corrected chi connectivity index (χ4v) is 0.600. The zero-order valence-corrected chi connectivity index (χ0v) is 5.83. The van der Waals surface area contributed by atoms with Crippen molar-refractivity contribution >= 4 is 5.90 Å². The summed E-state index contributed by atoms with van der Waals surface area (Å²) in [5, 5.41) is 14.4. The number of ether oxygens (including phenoxy) is 1. The van der Waals surface area contributed by atoms with Crippen LogP contribution in [-0.2, 0) is 11.8 Å². The van der Waals surface area contributed by atoms with Gasteiger partial charge in [-0.2, -0.15) is 0 Å². The van der Waals surface area contributed by atoms with Gasteiger partial charge >= 0.3 is 0 Å². The topological polar surface area (TPSA) is 63.8 Å². The molecule has 0 saturated heterocycles. The molecule has 0 spiro atoms. The van der Waals surface area contributed by atoms with Gasteiger partial charge in [-0.15, -0.1) is 5.10 Å². The van der Waals surface area contributed by atoms with Gasteiger partial charge < -0.3 is 4.74 Å². The minimum atomic E-state index is 0.0764. The van der Waals surface area contributed by atoms with E-state index in [0.717, 1.165) is 0 Å². The molecule has 0 aliphatic heterocycles. The Morgan fingerprint density at radius 3 is 2.90 bits per heavy atom. The third kappa shape index (κ3) is 0.975. The molecule has 0 aliphatic carbocycles. The molecule has 1 aromatic heterocycles. The molecule has 0 unspecified atom stereocenters. The summed E-state index contributed by atoms with van der Waals surface area (Å²) in [4.78, 5) is 0. The van der Waals surface area contributed by atoms with Crippen molar-refractivity contribution < 1.29 is 4.74 Å². The standard InChI is InChI=1S/C5H8N4O/c1-9-4(3-7-8-9)5(6)10-2/h3,6H,1-2H3. The molecule has 0 aliphatic rings. The van der Waals surface area contributed by atoms with Crippen LogP contribution >= 0.6 is 0 Å². The summed E-state index contributed by atoms with van der Waals surface area (Å²) in [7, 11) is 3.14. The molecule has 1 N–H and O–H groups in total. The fraction of sp³-hybridized carbons (Fsp3) is 0.400. The minimum absolute atomic E-state index is 0.0764. The first-order valence-corrected chi connectivity index (χ1v) is 2.73. The predicted molar refractivity (Wildman–Crippen MR) is 34.8 cm³/mol. The summed E-state index contributed by atoms with van der Waals surface area (Å²) in [6, 6.07) is 0. The maximum absolute atomic E-state index is 7.21. The molecule has 0 amide bonds. The molecular weight excluding hydrogens is 132 g/mol. The van der Waals surface area contributed by atoms with Crippen molar-refractivity contribution in [2.75, 3.05) is 7.11 Å². The maximum Gasteiger partial charge on any atom is 0.233 e. The molecule has 5 heteroatoms. The molecule has 1 heterocycles. The average Bonchev–Trinajstić information content (AvgIpc) is 2.34. The van der Waals surface area contributed by atoms with Gasteiger partial charge in [0.25, 0.3) is 0 Å². The Hall–Kier alpha value is -1.39. The van der Waals surface area contributed by atoms with Crippen molar-refractivity contribution in [3.63, 3.8) is 0 Å². The second-order valence-electron chi connectivity index (χ2n) is 1.78. The molecule has 0 saturated carbocycles. The molecule has 0 bridgehead atoms. The molecule has 1 rings (SSSR count). The van der Waals surface area contributed by atoms with Crippen molar-refractivity contribution in [2.24, 2.45) is 7.05 Å². The van der Waals surface area contributed by atoms with Crippen LogP contribution in [0.5, 0.6) is 0 Å². The third-order valence-corrected chi connectivity index (χ3v) is 1.15. The van der Waals surface area contributed by atoms with Gasteiger partial charge in [-0.3, -0.25) is 5.41 Å². The average molecular weight is 140 g/mol. The highest BCUT2D eigenvalue weighted by Crippen LogP contribution is 1.94. The fourth-order valence-electron chi connectivity index (χ4n) is 0.600. The van der Waals surface area contributed by atoms with Gasteiger partial charge in [0.1, 0.15) is 5.69 Å². The van der Waals surface area contributed by atoms with Crippen LogP contribution in [0.15, 0.2) is 6.20 Å². The second kappa shape index (κ2) is 2.47. The Labute approximate surface area is 58.1 Å². The minimum Gasteiger partial charge on any atom is -0.480 e. The lowest BCUT2D eigenvalue weighted by molar-refractivity contribution is 0.397. The Morgan fingerprint density at radius 2 is 2.50 bits per heavy atom. The number of methoxy groups -OCH3 is 1. The number of nitrogens with zero attached hydrogens (tertiary/aromatic N) is 3. The lowest BCUT2D eigenvalue weighted by Crippen LogP contribution is -2.07. The molecule has 1 aromatic rings. The van der Waals surface area contributed by atoms with Crippen molar-refractivity contribution in [1.29, 1.82) is 5.41 Å². The largest absolute Gasteiger partial charge is 0.480 e. The van der Waals surface area contributed by atoms with Crippen LogP contribution in [0.3, 0.4) is 0 Å². The third-order valence-electron chi connectivity index (χ3n) is 1.15. The zero-order valence-electron chi connectivity index (χ0n) is 5.83. The molecule has 5 nitrogen and oxygen atoms in total. The van der Waals surface area contributed by atoms with E-state index in [4.69, 9.17) is 5.41 Å². The first-order valence-electron chi connectivity index (χ1n) is 2.73. The summed E-state index contributed by atoms with van der Waals surface area (Å²) in [6.45, 7) is 0. The molecule has 10 heavy (non-hydrogen) atoms. The van der Waals surface area contributed by atoms with Crippen LogP contribution in [0.4, 0.5) is 0 Å². The highest BCUT2D eigenvalue weighted by molar-refractivity contribution is 5.89. The summed E-state index contributed by atoms with van der Waals surface area (Å²) in [6.07, 6.45) is 1.48. The van der Waals surface area contributed by atoms with Gasteiger partial charge in [-0.25, -0.2) is 4.68 Å². The van der Waals surface area contributed by atoms with Gasteiger partial charge in [0.05, 0.1) is 13.3 Å². The van der Waals surface area contributed by atoms with E-state index in [2.05, 4.69) is 15.0 Å². The van der Waals surface area contributed by atoms with Crippen molar-refractivity contribution in [3.05, 3.63) is 11.9 Å². The molecule has 0 atom stereocenters. The van der Waals surface area contributed by atoms with Crippen molar-refractivity contribution in [1.82, 2.24) is 15.0 Å². The lowest BCUT2D eigenvalue weighted by Gasteiger charge is -1.98. The highest BCUT2D eigenvalue weighted by atomic mass is 16.5. The summed E-state index contributed by atoms with van der Waals surface area (Å²) in [5.74, 6) is 0.0764. The molecule has 54 valence electrons. The van der Waals surface area contributed by atoms with Crippen molar-refractivity contribution in [2.45, 2.75) is 0 Å². The highest BCUT2D eigenvalue weighted by Gasteiger charge is 2.04. The van der Waals surface area contributed by atoms with Gasteiger partial charge in [-0.1, -0.05) is 5.21 Å². The van der Waals surface area contributed by atoms with Crippen LogP contribution in [0.25, 0.3) is 0 Å². The van der Waals surface area contributed by atoms with Gasteiger partial charge in [-0.05, 0) is 0 Å². The van der Waals surface area contributed by atoms with E-state index in [1.165, 1.54) is 18.0 Å². The zero-order chi connectivity index (χ0) is 7.56. The van der Waals surface area contributed by atoms with Crippen molar-refractivity contribution in [3.8, 4) is 0 Å². The number of hydrogen-bond donors (Lipinski definition) is 1. The number of nitrogens with one attached hydrogen (secondary N) is 1. The van der Waals surface area contributed by atoms with E-state index in [9.17, 15) is 0 Å². The first-order chi connectivity index (χ1) is 4.75. The normalized spacial score (nSPS) is 9.40. The van der Waals surface area contributed by atoms with E-state index >= 15 is 0 Å². The van der Waals surface area contributed by atoms with E-state index in [1.54, 1.807) is 7.05 Å². The van der Waals surface area contributed by atoms with E-state index in [-0.39, 0.29) is 5.90 Å². The van der Waals surface area contributed by atoms with Crippen LogP contribution in [0.2, 0.25) is 0 Å². The first kappa shape index (κ1) is 6.73. The van der Waals surface area contributed by atoms with E-state index in [1.807, 2.05) is 0 Å². The number of aryl methyl sites for hydroxylation is 1. The predicted octanol–water partition coefficient (Wildman–Crippen LogP) is -0.213. The quantitative estimate of drug-likeness (QED) is 0.433. The van der Waals surface area contributed by atoms with Gasteiger partial charge in [0.2, 0.25) is 5.90 Å². The Kier molecular flexibility index (Phi) is 1.66. The summed E-state index contributed by atoms with van der Waals surface area (Å²) >= 11 is 0. The second-order valence-corrected chi connectivity index (χ2v) is 1.78. The number of hydrogen-bond acceptors (Lipinski definition) is 4. The monoisotopic (exact) mass is 140 g/mol. The molecular formula is C5H8N4O. The van der Waals surface area contributed by atoms with Crippen LogP contribution in [0.1, 0.15) is 5.69 Å².